The quantitative estimate of drug-likeness (QED) is 0.383. The van der Waals surface area contributed by atoms with Crippen LogP contribution in [0.3, 0.4) is 0 Å². The molecule has 2 aromatic heterocycles. The lowest BCUT2D eigenvalue weighted by Crippen LogP contribution is -2.19. The summed E-state index contributed by atoms with van der Waals surface area (Å²) in [5.74, 6) is 0.816. The van der Waals surface area contributed by atoms with Crippen LogP contribution in [0.2, 0.25) is 0 Å². The predicted octanol–water partition coefficient (Wildman–Crippen LogP) is 1.58. The lowest BCUT2D eigenvalue weighted by molar-refractivity contribution is 0.318. The third-order valence-electron chi connectivity index (χ3n) is 2.61. The van der Waals surface area contributed by atoms with Gasteiger partial charge in [0.25, 0.3) is 0 Å². The zero-order valence-corrected chi connectivity index (χ0v) is 11.6. The molecule has 2 rings (SSSR count). The minimum atomic E-state index is 0.0709. The minimum Gasteiger partial charge on any atom is -0.409 e. The van der Waals surface area contributed by atoms with Crippen LogP contribution >= 0.6 is 11.3 Å². The van der Waals surface area contributed by atoms with Crippen molar-refractivity contribution < 1.29 is 5.21 Å². The van der Waals surface area contributed by atoms with Crippen LogP contribution in [-0.2, 0) is 6.54 Å². The molecular formula is C12H15N5OS. The van der Waals surface area contributed by atoms with Gasteiger partial charge in [-0.05, 0) is 19.1 Å². The number of nitrogens with zero attached hydrogens (tertiary/aromatic N) is 4. The molecule has 3 N–H and O–H groups in total. The molecule has 0 saturated carbocycles. The molecule has 0 radical (unpaired) electrons. The average Bonchev–Trinajstić information content (AvgIpc) is 2.83. The molecular weight excluding hydrogens is 262 g/mol. The average molecular weight is 277 g/mol. The van der Waals surface area contributed by atoms with E-state index in [1.54, 1.807) is 29.7 Å². The van der Waals surface area contributed by atoms with Gasteiger partial charge in [-0.1, -0.05) is 5.16 Å². The first kappa shape index (κ1) is 13.3. The number of pyridine rings is 1. The Kier molecular flexibility index (Phi) is 3.96. The van der Waals surface area contributed by atoms with E-state index >= 15 is 0 Å². The van der Waals surface area contributed by atoms with Crippen LogP contribution in [0.25, 0.3) is 0 Å². The monoisotopic (exact) mass is 277 g/mol. The summed E-state index contributed by atoms with van der Waals surface area (Å²) in [7, 11) is 1.92. The first-order valence-electron chi connectivity index (χ1n) is 5.66. The first-order valence-corrected chi connectivity index (χ1v) is 6.54. The van der Waals surface area contributed by atoms with Crippen LogP contribution < -0.4 is 10.6 Å². The largest absolute Gasteiger partial charge is 0.409 e. The lowest BCUT2D eigenvalue weighted by atomic mass is 10.2. The van der Waals surface area contributed by atoms with Crippen molar-refractivity contribution in [1.82, 2.24) is 9.97 Å². The molecule has 0 aliphatic heterocycles. The highest BCUT2D eigenvalue weighted by molar-refractivity contribution is 7.09. The normalized spacial score (nSPS) is 11.6. The van der Waals surface area contributed by atoms with E-state index < -0.39 is 0 Å². The van der Waals surface area contributed by atoms with Crippen molar-refractivity contribution >= 4 is 23.0 Å². The van der Waals surface area contributed by atoms with E-state index in [4.69, 9.17) is 10.9 Å². The van der Waals surface area contributed by atoms with E-state index in [1.165, 1.54) is 0 Å². The summed E-state index contributed by atoms with van der Waals surface area (Å²) < 4.78 is 0. The topological polar surface area (TPSA) is 87.6 Å². The summed E-state index contributed by atoms with van der Waals surface area (Å²) >= 11 is 1.62. The summed E-state index contributed by atoms with van der Waals surface area (Å²) in [6.45, 7) is 2.64. The smallest absolute Gasteiger partial charge is 0.170 e. The predicted molar refractivity (Wildman–Crippen MR) is 75.7 cm³/mol. The van der Waals surface area contributed by atoms with Crippen molar-refractivity contribution in [1.29, 1.82) is 0 Å². The van der Waals surface area contributed by atoms with E-state index in [-0.39, 0.29) is 5.84 Å². The third kappa shape index (κ3) is 3.19. The van der Waals surface area contributed by atoms with Crippen LogP contribution in [0, 0.1) is 6.92 Å². The molecule has 0 fully saturated rings. The molecule has 0 aliphatic carbocycles. The lowest BCUT2D eigenvalue weighted by Gasteiger charge is -2.17. The van der Waals surface area contributed by atoms with Gasteiger partial charge in [0, 0.05) is 24.2 Å². The minimum absolute atomic E-state index is 0.0709. The molecule has 100 valence electrons. The van der Waals surface area contributed by atoms with Gasteiger partial charge in [0.15, 0.2) is 5.84 Å². The number of oxime groups is 1. The Hall–Kier alpha value is -2.15. The molecule has 0 unspecified atom stereocenters. The summed E-state index contributed by atoms with van der Waals surface area (Å²) in [5, 5.41) is 14.7. The van der Waals surface area contributed by atoms with Gasteiger partial charge in [0.2, 0.25) is 0 Å². The number of hydrogen-bond donors (Lipinski definition) is 2. The maximum atomic E-state index is 8.68. The third-order valence-corrected chi connectivity index (χ3v) is 3.43. The van der Waals surface area contributed by atoms with E-state index in [9.17, 15) is 0 Å². The van der Waals surface area contributed by atoms with Crippen molar-refractivity contribution in [2.75, 3.05) is 11.9 Å². The second-order valence-corrected chi connectivity index (χ2v) is 5.16. The van der Waals surface area contributed by atoms with Gasteiger partial charge in [0.1, 0.15) is 5.82 Å². The number of nitrogens with two attached hydrogens (primary N) is 1. The van der Waals surface area contributed by atoms with E-state index in [2.05, 4.69) is 15.1 Å². The van der Waals surface area contributed by atoms with Crippen LogP contribution in [0.4, 0.5) is 5.82 Å². The molecule has 0 aromatic carbocycles. The number of aromatic nitrogens is 2. The Bertz CT molecular complexity index is 595. The fraction of sp³-hybridized carbons (Fsp3) is 0.250. The van der Waals surface area contributed by atoms with Crippen LogP contribution in [0.5, 0.6) is 0 Å². The highest BCUT2D eigenvalue weighted by Crippen LogP contribution is 2.15. The Balaban J connectivity index is 2.17. The maximum Gasteiger partial charge on any atom is 0.170 e. The highest BCUT2D eigenvalue weighted by atomic mass is 32.1. The van der Waals surface area contributed by atoms with E-state index in [0.29, 0.717) is 12.1 Å². The molecule has 0 saturated heterocycles. The van der Waals surface area contributed by atoms with Gasteiger partial charge in [-0.15, -0.1) is 11.3 Å². The number of rotatable bonds is 4. The van der Waals surface area contributed by atoms with Gasteiger partial charge in [-0.2, -0.15) is 0 Å². The van der Waals surface area contributed by atoms with Crippen LogP contribution in [0.15, 0.2) is 28.9 Å². The van der Waals surface area contributed by atoms with Crippen molar-refractivity contribution in [3.8, 4) is 0 Å². The number of hydrogen-bond acceptors (Lipinski definition) is 6. The van der Waals surface area contributed by atoms with Gasteiger partial charge in [0.05, 0.1) is 17.2 Å². The van der Waals surface area contributed by atoms with Crippen molar-refractivity contribution in [3.05, 3.63) is 40.0 Å². The number of aryl methyl sites for hydroxylation is 1. The standard InChI is InChI=1S/C12H15N5OS/c1-8-15-10(7-19-8)6-17(2)11-5-9(3-4-14-11)12(13)16-18/h3-5,7,18H,6H2,1-2H3,(H2,13,16). The van der Waals surface area contributed by atoms with Crippen LogP contribution in [-0.4, -0.2) is 28.1 Å². The summed E-state index contributed by atoms with van der Waals surface area (Å²) in [4.78, 5) is 10.6. The zero-order valence-electron chi connectivity index (χ0n) is 10.7. The molecule has 0 aliphatic rings. The maximum absolute atomic E-state index is 8.68. The molecule has 2 heterocycles. The molecule has 7 heteroatoms. The van der Waals surface area contributed by atoms with Gasteiger partial charge < -0.3 is 15.8 Å². The number of thiazole rings is 1. The van der Waals surface area contributed by atoms with Gasteiger partial charge in [-0.3, -0.25) is 0 Å². The second kappa shape index (κ2) is 5.66. The number of amidine groups is 1. The fourth-order valence-electron chi connectivity index (χ4n) is 1.65. The molecule has 19 heavy (non-hydrogen) atoms. The van der Waals surface area contributed by atoms with Crippen molar-refractivity contribution in [2.45, 2.75) is 13.5 Å². The zero-order chi connectivity index (χ0) is 13.8. The molecule has 6 nitrogen and oxygen atoms in total. The van der Waals surface area contributed by atoms with E-state index in [1.807, 2.05) is 24.3 Å². The molecule has 2 aromatic rings. The fourth-order valence-corrected chi connectivity index (χ4v) is 2.25. The molecule has 0 amide bonds. The number of anilines is 1. The second-order valence-electron chi connectivity index (χ2n) is 4.10. The van der Waals surface area contributed by atoms with E-state index in [0.717, 1.165) is 16.5 Å². The Morgan fingerprint density at radius 3 is 3.00 bits per heavy atom. The Morgan fingerprint density at radius 2 is 2.37 bits per heavy atom. The summed E-state index contributed by atoms with van der Waals surface area (Å²) in [5.41, 5.74) is 7.20. The summed E-state index contributed by atoms with van der Waals surface area (Å²) in [6.07, 6.45) is 1.63. The van der Waals surface area contributed by atoms with Crippen molar-refractivity contribution in [2.24, 2.45) is 10.9 Å². The first-order chi connectivity index (χ1) is 9.10. The Morgan fingerprint density at radius 1 is 1.58 bits per heavy atom. The molecule has 0 bridgehead atoms. The molecule has 0 spiro atoms. The Labute approximate surface area is 115 Å². The van der Waals surface area contributed by atoms with Crippen LogP contribution in [0.1, 0.15) is 16.3 Å². The summed E-state index contributed by atoms with van der Waals surface area (Å²) in [6, 6.07) is 3.47. The SMILES string of the molecule is Cc1nc(CN(C)c2cc(C(N)=NO)ccn2)cs1. The van der Waals surface area contributed by atoms with Gasteiger partial charge >= 0.3 is 0 Å². The molecule has 0 atom stereocenters. The van der Waals surface area contributed by atoms with Crippen molar-refractivity contribution in [3.63, 3.8) is 0 Å². The highest BCUT2D eigenvalue weighted by Gasteiger charge is 2.08. The van der Waals surface area contributed by atoms with Gasteiger partial charge in [-0.25, -0.2) is 9.97 Å².